The van der Waals surface area contributed by atoms with E-state index in [0.29, 0.717) is 13.2 Å². The second-order valence-electron chi connectivity index (χ2n) is 4.18. The molecule has 1 unspecified atom stereocenters. The van der Waals surface area contributed by atoms with Gasteiger partial charge in [-0.1, -0.05) is 11.6 Å². The van der Waals surface area contributed by atoms with Crippen LogP contribution in [-0.4, -0.2) is 33.6 Å². The number of halogens is 3. The molecule has 1 atom stereocenters. The van der Waals surface area contributed by atoms with Crippen LogP contribution in [0.1, 0.15) is 24.2 Å². The van der Waals surface area contributed by atoms with Crippen LogP contribution in [0.5, 0.6) is 0 Å². The summed E-state index contributed by atoms with van der Waals surface area (Å²) in [5.74, 6) is -0.461. The first-order chi connectivity index (χ1) is 9.66. The van der Waals surface area contributed by atoms with Gasteiger partial charge in [-0.25, -0.2) is 8.42 Å². The summed E-state index contributed by atoms with van der Waals surface area (Å²) in [7, 11) is 1.30. The normalized spacial score (nSPS) is 13.0. The summed E-state index contributed by atoms with van der Waals surface area (Å²) in [6.45, 7) is 4.50. The Labute approximate surface area is 141 Å². The third-order valence-corrected chi connectivity index (χ3v) is 5.51. The van der Waals surface area contributed by atoms with Crippen LogP contribution in [0.25, 0.3) is 0 Å². The molecule has 0 aliphatic carbocycles. The van der Waals surface area contributed by atoms with Crippen LogP contribution in [0.4, 0.5) is 0 Å². The van der Waals surface area contributed by atoms with E-state index in [4.69, 9.17) is 27.0 Å². The Hall–Kier alpha value is -0.340. The molecule has 1 amide bonds. The standard InChI is InChI=1S/C12H14BrCl2NO4S/c1-3-20-7(2)6-16-12(17)8-4-9(14)11(13)10(5-8)21(15,18)19/h4-5,7H,3,6H2,1-2H3,(H,16,17). The number of ether oxygens (including phenoxy) is 1. The largest absolute Gasteiger partial charge is 0.377 e. The fourth-order valence-corrected chi connectivity index (χ4v) is 3.93. The van der Waals surface area contributed by atoms with Gasteiger partial charge in [-0.05, 0) is 41.9 Å². The van der Waals surface area contributed by atoms with E-state index >= 15 is 0 Å². The predicted octanol–water partition coefficient (Wildman–Crippen LogP) is 3.18. The van der Waals surface area contributed by atoms with Crippen molar-refractivity contribution in [2.45, 2.75) is 24.8 Å². The van der Waals surface area contributed by atoms with Gasteiger partial charge in [0.15, 0.2) is 0 Å². The summed E-state index contributed by atoms with van der Waals surface area (Å²) in [4.78, 5) is 11.8. The summed E-state index contributed by atoms with van der Waals surface area (Å²) in [5.41, 5.74) is 0.103. The highest BCUT2D eigenvalue weighted by molar-refractivity contribution is 9.10. The Balaban J connectivity index is 2.99. The first-order valence-corrected chi connectivity index (χ1v) is 9.48. The van der Waals surface area contributed by atoms with Gasteiger partial charge < -0.3 is 10.1 Å². The zero-order valence-corrected chi connectivity index (χ0v) is 15.2. The zero-order valence-electron chi connectivity index (χ0n) is 11.3. The molecule has 9 heteroatoms. The molecule has 1 N–H and O–H groups in total. The van der Waals surface area contributed by atoms with Gasteiger partial charge >= 0.3 is 0 Å². The lowest BCUT2D eigenvalue weighted by Crippen LogP contribution is -2.32. The maximum Gasteiger partial charge on any atom is 0.262 e. The number of hydrogen-bond donors (Lipinski definition) is 1. The van der Waals surface area contributed by atoms with Crippen LogP contribution in [0.3, 0.4) is 0 Å². The van der Waals surface area contributed by atoms with Gasteiger partial charge in [-0.2, -0.15) is 0 Å². The lowest BCUT2D eigenvalue weighted by molar-refractivity contribution is 0.0695. The van der Waals surface area contributed by atoms with Crippen molar-refractivity contribution in [2.75, 3.05) is 13.2 Å². The number of benzene rings is 1. The van der Waals surface area contributed by atoms with Crippen LogP contribution in [0.15, 0.2) is 21.5 Å². The number of carbonyl (C=O) groups excluding carboxylic acids is 1. The van der Waals surface area contributed by atoms with Gasteiger partial charge in [0.05, 0.1) is 20.5 Å². The molecular formula is C12H14BrCl2NO4S. The molecule has 0 saturated heterocycles. The molecule has 0 radical (unpaired) electrons. The lowest BCUT2D eigenvalue weighted by atomic mass is 10.2. The Morgan fingerprint density at radius 1 is 1.48 bits per heavy atom. The van der Waals surface area contributed by atoms with E-state index in [-0.39, 0.29) is 26.1 Å². The van der Waals surface area contributed by atoms with E-state index < -0.39 is 15.0 Å². The van der Waals surface area contributed by atoms with Crippen molar-refractivity contribution < 1.29 is 17.9 Å². The van der Waals surface area contributed by atoms with Gasteiger partial charge in [-0.3, -0.25) is 4.79 Å². The third-order valence-electron chi connectivity index (χ3n) is 2.52. The van der Waals surface area contributed by atoms with Crippen molar-refractivity contribution in [3.8, 4) is 0 Å². The molecule has 0 fully saturated rings. The van der Waals surface area contributed by atoms with E-state index in [9.17, 15) is 13.2 Å². The first kappa shape index (κ1) is 18.7. The maximum atomic E-state index is 12.0. The summed E-state index contributed by atoms with van der Waals surface area (Å²) in [5, 5.41) is 2.72. The van der Waals surface area contributed by atoms with Crippen molar-refractivity contribution in [3.05, 3.63) is 27.2 Å². The average Bonchev–Trinajstić information content (AvgIpc) is 2.38. The average molecular weight is 419 g/mol. The van der Waals surface area contributed by atoms with E-state index in [0.717, 1.165) is 0 Å². The van der Waals surface area contributed by atoms with Gasteiger partial charge in [0.2, 0.25) is 0 Å². The highest BCUT2D eigenvalue weighted by atomic mass is 79.9. The molecule has 118 valence electrons. The smallest absolute Gasteiger partial charge is 0.262 e. The number of amides is 1. The van der Waals surface area contributed by atoms with E-state index in [2.05, 4.69) is 21.2 Å². The number of hydrogen-bond acceptors (Lipinski definition) is 4. The van der Waals surface area contributed by atoms with Crippen molar-refractivity contribution >= 4 is 53.2 Å². The number of rotatable bonds is 6. The molecule has 1 rings (SSSR count). The molecule has 1 aromatic rings. The maximum absolute atomic E-state index is 12.0. The topological polar surface area (TPSA) is 72.5 Å². The Kier molecular flexibility index (Phi) is 6.93. The number of nitrogens with one attached hydrogen (secondary N) is 1. The molecule has 0 heterocycles. The Morgan fingerprint density at radius 2 is 2.10 bits per heavy atom. The minimum absolute atomic E-state index is 0.0831. The van der Waals surface area contributed by atoms with Gasteiger partial charge in [-0.15, -0.1) is 0 Å². The fourth-order valence-electron chi connectivity index (χ4n) is 1.55. The first-order valence-electron chi connectivity index (χ1n) is 6.00. The third kappa shape index (κ3) is 5.41. The second-order valence-corrected chi connectivity index (χ2v) is 7.92. The summed E-state index contributed by atoms with van der Waals surface area (Å²) >= 11 is 8.94. The van der Waals surface area contributed by atoms with Crippen LogP contribution >= 0.6 is 38.2 Å². The van der Waals surface area contributed by atoms with E-state index in [1.54, 1.807) is 0 Å². The van der Waals surface area contributed by atoms with E-state index in [1.165, 1.54) is 12.1 Å². The van der Waals surface area contributed by atoms with Crippen LogP contribution in [-0.2, 0) is 13.8 Å². The zero-order chi connectivity index (χ0) is 16.2. The second kappa shape index (κ2) is 7.78. The quantitative estimate of drug-likeness (QED) is 0.720. The number of carbonyl (C=O) groups is 1. The Bertz CT molecular complexity index is 636. The molecule has 21 heavy (non-hydrogen) atoms. The molecule has 5 nitrogen and oxygen atoms in total. The molecule has 0 aliphatic heterocycles. The van der Waals surface area contributed by atoms with Crippen molar-refractivity contribution in [1.82, 2.24) is 5.32 Å². The highest BCUT2D eigenvalue weighted by Gasteiger charge is 2.20. The van der Waals surface area contributed by atoms with Crippen LogP contribution in [0, 0.1) is 0 Å². The highest BCUT2D eigenvalue weighted by Crippen LogP contribution is 2.33. The summed E-state index contributed by atoms with van der Waals surface area (Å²) < 4.78 is 28.3. The molecule has 0 aromatic heterocycles. The van der Waals surface area contributed by atoms with E-state index in [1.807, 2.05) is 13.8 Å². The van der Waals surface area contributed by atoms with Crippen molar-refractivity contribution in [1.29, 1.82) is 0 Å². The summed E-state index contributed by atoms with van der Waals surface area (Å²) in [6.07, 6.45) is -0.152. The predicted molar refractivity (Wildman–Crippen MR) is 85.6 cm³/mol. The van der Waals surface area contributed by atoms with Gasteiger partial charge in [0, 0.05) is 29.4 Å². The van der Waals surface area contributed by atoms with Gasteiger partial charge in [0.25, 0.3) is 15.0 Å². The van der Waals surface area contributed by atoms with Crippen LogP contribution in [0.2, 0.25) is 5.02 Å². The van der Waals surface area contributed by atoms with Crippen LogP contribution < -0.4 is 5.32 Å². The molecule has 0 aliphatic rings. The SMILES string of the molecule is CCOC(C)CNC(=O)c1cc(Cl)c(Br)c(S(=O)(=O)Cl)c1. The summed E-state index contributed by atoms with van der Waals surface area (Å²) in [6, 6.07) is 2.52. The molecular weight excluding hydrogens is 405 g/mol. The molecule has 0 bridgehead atoms. The molecule has 1 aromatic carbocycles. The molecule has 0 saturated carbocycles. The minimum Gasteiger partial charge on any atom is -0.377 e. The lowest BCUT2D eigenvalue weighted by Gasteiger charge is -2.13. The van der Waals surface area contributed by atoms with Crippen molar-refractivity contribution in [2.24, 2.45) is 0 Å². The molecule has 0 spiro atoms. The van der Waals surface area contributed by atoms with Gasteiger partial charge in [0.1, 0.15) is 0 Å². The Morgan fingerprint density at radius 3 is 2.62 bits per heavy atom. The fraction of sp³-hybridized carbons (Fsp3) is 0.417. The monoisotopic (exact) mass is 417 g/mol. The van der Waals surface area contributed by atoms with Crippen molar-refractivity contribution in [3.63, 3.8) is 0 Å². The minimum atomic E-state index is -4.02.